The Morgan fingerprint density at radius 1 is 1.21 bits per heavy atom. The summed E-state index contributed by atoms with van der Waals surface area (Å²) < 4.78 is 11.5. The van der Waals surface area contributed by atoms with E-state index in [0.717, 1.165) is 39.3 Å². The molecule has 3 aromatic rings. The van der Waals surface area contributed by atoms with Gasteiger partial charge in [0.1, 0.15) is 11.5 Å². The van der Waals surface area contributed by atoms with Crippen LogP contribution < -0.4 is 20.1 Å². The molecule has 8 heteroatoms. The molecule has 0 saturated carbocycles. The van der Waals surface area contributed by atoms with Crippen molar-refractivity contribution in [3.8, 4) is 22.8 Å². The van der Waals surface area contributed by atoms with Crippen LogP contribution in [0.5, 0.6) is 11.5 Å². The molecular weight excluding hydrogens is 438 g/mol. The highest BCUT2D eigenvalue weighted by molar-refractivity contribution is 7.14. The molecule has 1 atom stereocenters. The quantitative estimate of drug-likeness (QED) is 0.550. The second-order valence-electron chi connectivity index (χ2n) is 8.22. The Morgan fingerprint density at radius 2 is 2.03 bits per heavy atom. The largest absolute Gasteiger partial charge is 0.493 e. The molecule has 0 fully saturated rings. The minimum atomic E-state index is -0.265. The summed E-state index contributed by atoms with van der Waals surface area (Å²) in [4.78, 5) is 28.5. The first-order valence-electron chi connectivity index (χ1n) is 10.8. The average molecular weight is 466 g/mol. The zero-order valence-electron chi connectivity index (χ0n) is 19.2. The van der Waals surface area contributed by atoms with E-state index < -0.39 is 0 Å². The van der Waals surface area contributed by atoms with Crippen molar-refractivity contribution in [1.82, 2.24) is 10.3 Å². The highest BCUT2D eigenvalue weighted by Gasteiger charge is 2.23. The predicted octanol–water partition coefficient (Wildman–Crippen LogP) is 4.71. The summed E-state index contributed by atoms with van der Waals surface area (Å²) >= 11 is 1.35. The third kappa shape index (κ3) is 5.34. The molecule has 1 aliphatic heterocycles. The highest BCUT2D eigenvalue weighted by Crippen LogP contribution is 2.36. The lowest BCUT2D eigenvalue weighted by Gasteiger charge is -2.26. The van der Waals surface area contributed by atoms with Gasteiger partial charge in [0, 0.05) is 29.9 Å². The summed E-state index contributed by atoms with van der Waals surface area (Å²) in [6.07, 6.45) is 0.717. The van der Waals surface area contributed by atoms with Crippen molar-refractivity contribution in [3.63, 3.8) is 0 Å². The normalized spacial score (nSPS) is 14.7. The molecule has 0 bridgehead atoms. The number of nitrogens with one attached hydrogen (secondary N) is 2. The van der Waals surface area contributed by atoms with Gasteiger partial charge in [-0.3, -0.25) is 14.9 Å². The Labute approximate surface area is 197 Å². The summed E-state index contributed by atoms with van der Waals surface area (Å²) in [6, 6.07) is 9.75. The lowest BCUT2D eigenvalue weighted by molar-refractivity contribution is -0.120. The van der Waals surface area contributed by atoms with Gasteiger partial charge < -0.3 is 14.8 Å². The molecule has 0 saturated heterocycles. The van der Waals surface area contributed by atoms with E-state index in [1.807, 2.05) is 50.4 Å². The number of thiazole rings is 1. The first-order valence-corrected chi connectivity index (χ1v) is 11.7. The molecule has 2 aromatic carbocycles. The fourth-order valence-electron chi connectivity index (χ4n) is 3.86. The maximum absolute atomic E-state index is 12.4. The standard InChI is InChI=1S/C25H27N3O4S/c1-14-9-15(2)16(3)23(10-14)32-12-24(30)28-25-27-21(13-33-25)18-5-6-22-19(11-18)20(7-8-31-22)26-17(4)29/h5-6,9-11,13,20H,7-8,12H2,1-4H3,(H,26,29)(H,27,28,30). The topological polar surface area (TPSA) is 89.6 Å². The third-order valence-corrected chi connectivity index (χ3v) is 6.35. The summed E-state index contributed by atoms with van der Waals surface area (Å²) in [5.74, 6) is 1.15. The smallest absolute Gasteiger partial charge is 0.264 e. The third-order valence-electron chi connectivity index (χ3n) is 5.60. The van der Waals surface area contributed by atoms with Crippen LogP contribution in [0.1, 0.15) is 41.6 Å². The molecule has 0 radical (unpaired) electrons. The Morgan fingerprint density at radius 3 is 2.82 bits per heavy atom. The van der Waals surface area contributed by atoms with Crippen LogP contribution in [0, 0.1) is 20.8 Å². The van der Waals surface area contributed by atoms with Crippen LogP contribution in [0.3, 0.4) is 0 Å². The minimum Gasteiger partial charge on any atom is -0.493 e. The molecular formula is C25H27N3O4S. The van der Waals surface area contributed by atoms with E-state index in [-0.39, 0.29) is 24.5 Å². The van der Waals surface area contributed by atoms with Gasteiger partial charge in [0.25, 0.3) is 5.91 Å². The van der Waals surface area contributed by atoms with Gasteiger partial charge in [-0.15, -0.1) is 11.3 Å². The molecule has 0 spiro atoms. The van der Waals surface area contributed by atoms with E-state index in [1.165, 1.54) is 18.3 Å². The lowest BCUT2D eigenvalue weighted by Crippen LogP contribution is -2.30. The van der Waals surface area contributed by atoms with Gasteiger partial charge in [-0.25, -0.2) is 4.98 Å². The van der Waals surface area contributed by atoms with Crippen molar-refractivity contribution in [2.45, 2.75) is 40.2 Å². The number of amides is 2. The van der Waals surface area contributed by atoms with Gasteiger partial charge in [-0.2, -0.15) is 0 Å². The van der Waals surface area contributed by atoms with Crippen molar-refractivity contribution >= 4 is 28.3 Å². The van der Waals surface area contributed by atoms with E-state index in [9.17, 15) is 9.59 Å². The first kappa shape index (κ1) is 22.8. The van der Waals surface area contributed by atoms with Gasteiger partial charge in [0.2, 0.25) is 5.91 Å². The van der Waals surface area contributed by atoms with E-state index in [4.69, 9.17) is 9.47 Å². The molecule has 1 unspecified atom stereocenters. The number of fused-ring (bicyclic) bond motifs is 1. The second-order valence-corrected chi connectivity index (χ2v) is 9.08. The molecule has 2 heterocycles. The summed E-state index contributed by atoms with van der Waals surface area (Å²) in [5.41, 5.74) is 5.83. The SMILES string of the molecule is CC(=O)NC1CCOc2ccc(-c3csc(NC(=O)COc4cc(C)cc(C)c4C)n3)cc21. The molecule has 4 rings (SSSR count). The van der Waals surface area contributed by atoms with Crippen molar-refractivity contribution < 1.29 is 19.1 Å². The van der Waals surface area contributed by atoms with E-state index >= 15 is 0 Å². The van der Waals surface area contributed by atoms with Crippen molar-refractivity contribution in [1.29, 1.82) is 0 Å². The number of aromatic nitrogens is 1. The van der Waals surface area contributed by atoms with Crippen LogP contribution in [0.25, 0.3) is 11.3 Å². The van der Waals surface area contributed by atoms with E-state index in [1.54, 1.807) is 0 Å². The average Bonchev–Trinajstić information content (AvgIpc) is 3.23. The van der Waals surface area contributed by atoms with Crippen LogP contribution in [0.2, 0.25) is 0 Å². The lowest BCUT2D eigenvalue weighted by atomic mass is 9.97. The minimum absolute atomic E-state index is 0.0739. The Hall–Kier alpha value is -3.39. The number of hydrogen-bond donors (Lipinski definition) is 2. The van der Waals surface area contributed by atoms with Crippen molar-refractivity contribution in [2.24, 2.45) is 0 Å². The Kier molecular flexibility index (Phi) is 6.65. The zero-order valence-corrected chi connectivity index (χ0v) is 20.0. The van der Waals surface area contributed by atoms with E-state index in [2.05, 4.69) is 21.7 Å². The molecule has 1 aliphatic rings. The molecule has 2 amide bonds. The van der Waals surface area contributed by atoms with Gasteiger partial charge in [-0.05, 0) is 61.7 Å². The number of anilines is 1. The van der Waals surface area contributed by atoms with Crippen LogP contribution in [-0.4, -0.2) is 30.0 Å². The Bertz CT molecular complexity index is 1200. The molecule has 1 aromatic heterocycles. The van der Waals surface area contributed by atoms with E-state index in [0.29, 0.717) is 23.9 Å². The van der Waals surface area contributed by atoms with Gasteiger partial charge in [0.05, 0.1) is 18.3 Å². The number of aryl methyl sites for hydroxylation is 2. The monoisotopic (exact) mass is 465 g/mol. The summed E-state index contributed by atoms with van der Waals surface area (Å²) in [7, 11) is 0. The molecule has 33 heavy (non-hydrogen) atoms. The van der Waals surface area contributed by atoms with Crippen LogP contribution >= 0.6 is 11.3 Å². The highest BCUT2D eigenvalue weighted by atomic mass is 32.1. The molecule has 2 N–H and O–H groups in total. The van der Waals surface area contributed by atoms with Gasteiger partial charge >= 0.3 is 0 Å². The molecule has 7 nitrogen and oxygen atoms in total. The fraction of sp³-hybridized carbons (Fsp3) is 0.320. The predicted molar refractivity (Wildman–Crippen MR) is 129 cm³/mol. The van der Waals surface area contributed by atoms with Crippen molar-refractivity contribution in [3.05, 3.63) is 58.0 Å². The number of rotatable bonds is 6. The molecule has 172 valence electrons. The van der Waals surface area contributed by atoms with Crippen LogP contribution in [-0.2, 0) is 9.59 Å². The number of carbonyl (C=O) groups is 2. The maximum Gasteiger partial charge on any atom is 0.264 e. The fourth-order valence-corrected chi connectivity index (χ4v) is 4.60. The maximum atomic E-state index is 12.4. The number of hydrogen-bond acceptors (Lipinski definition) is 6. The second kappa shape index (κ2) is 9.62. The number of nitrogens with zero attached hydrogens (tertiary/aromatic N) is 1. The number of ether oxygens (including phenoxy) is 2. The zero-order chi connectivity index (χ0) is 23.5. The first-order chi connectivity index (χ1) is 15.8. The van der Waals surface area contributed by atoms with Gasteiger partial charge in [0.15, 0.2) is 11.7 Å². The number of benzene rings is 2. The summed E-state index contributed by atoms with van der Waals surface area (Å²) in [6.45, 7) is 8.00. The summed E-state index contributed by atoms with van der Waals surface area (Å²) in [5, 5.41) is 8.18. The van der Waals surface area contributed by atoms with Crippen molar-refractivity contribution in [2.75, 3.05) is 18.5 Å². The Balaban J connectivity index is 1.43. The molecule has 0 aliphatic carbocycles. The number of carbonyl (C=O) groups excluding carboxylic acids is 2. The van der Waals surface area contributed by atoms with Crippen LogP contribution in [0.15, 0.2) is 35.7 Å². The van der Waals surface area contributed by atoms with Gasteiger partial charge in [-0.1, -0.05) is 6.07 Å². The van der Waals surface area contributed by atoms with Crippen LogP contribution in [0.4, 0.5) is 5.13 Å².